The second kappa shape index (κ2) is 20.5. The number of unbranched alkanes of at least 4 members (excludes halogenated alkanes) is 11. The van der Waals surface area contributed by atoms with Gasteiger partial charge in [0, 0.05) is 44.6 Å². The number of rotatable bonds is 15. The zero-order chi connectivity index (χ0) is 14.9. The van der Waals surface area contributed by atoms with Gasteiger partial charge < -0.3 is 5.11 Å². The van der Waals surface area contributed by atoms with Gasteiger partial charge in [0.15, 0.2) is 0 Å². The Bertz CT molecular complexity index is 239. The molecule has 2 nitrogen and oxygen atoms in total. The summed E-state index contributed by atoms with van der Waals surface area (Å²) in [7, 11) is 0. The van der Waals surface area contributed by atoms with Gasteiger partial charge in [-0.3, -0.25) is 4.79 Å². The van der Waals surface area contributed by atoms with E-state index in [4.69, 9.17) is 5.11 Å². The Morgan fingerprint density at radius 3 is 1.67 bits per heavy atom. The molecule has 0 aliphatic heterocycles. The summed E-state index contributed by atoms with van der Waals surface area (Å²) in [4.78, 5) is 10.3. The van der Waals surface area contributed by atoms with Crippen LogP contribution in [0, 0.1) is 38.2 Å². The molecule has 0 aliphatic carbocycles. The predicted octanol–water partition coefficient (Wildman–Crippen LogP) is 6.11. The van der Waals surface area contributed by atoms with E-state index in [1.54, 1.807) is 0 Å². The number of allylic oxidation sites excluding steroid dienone is 2. The number of aliphatic carboxylic acids is 1. The summed E-state index contributed by atoms with van der Waals surface area (Å²) < 4.78 is 0. The third-order valence-corrected chi connectivity index (χ3v) is 3.65. The first kappa shape index (κ1) is 23.7. The van der Waals surface area contributed by atoms with Crippen molar-refractivity contribution >= 4 is 5.97 Å². The van der Waals surface area contributed by atoms with Crippen LogP contribution in [0.5, 0.6) is 0 Å². The van der Waals surface area contributed by atoms with Crippen molar-refractivity contribution in [3.63, 3.8) is 0 Å². The van der Waals surface area contributed by atoms with E-state index < -0.39 is 5.97 Å². The molecule has 0 saturated heterocycles. The maximum Gasteiger partial charge on any atom is 0.303 e. The molecule has 128 valence electrons. The van der Waals surface area contributed by atoms with Gasteiger partial charge in [0.25, 0.3) is 0 Å². The Morgan fingerprint density at radius 1 is 0.762 bits per heavy atom. The van der Waals surface area contributed by atoms with Crippen molar-refractivity contribution in [3.8, 4) is 0 Å². The van der Waals surface area contributed by atoms with Crippen molar-refractivity contribution in [1.82, 2.24) is 0 Å². The van der Waals surface area contributed by atoms with E-state index in [-0.39, 0.29) is 38.2 Å². The molecule has 0 aliphatic rings. The Morgan fingerprint density at radius 2 is 1.19 bits per heavy atom. The number of hydrogen-bond acceptors (Lipinski definition) is 1. The number of carboxylic acids is 1. The molecule has 0 heterocycles. The van der Waals surface area contributed by atoms with Crippen LogP contribution in [0.4, 0.5) is 0 Å². The molecule has 0 rings (SSSR count). The van der Waals surface area contributed by atoms with Crippen LogP contribution in [0.15, 0.2) is 12.2 Å². The van der Waals surface area contributed by atoms with Crippen LogP contribution in [-0.4, -0.2) is 11.1 Å². The van der Waals surface area contributed by atoms with Crippen LogP contribution < -0.4 is 0 Å². The molecule has 0 aromatic rings. The molecule has 0 unspecified atom stereocenters. The van der Waals surface area contributed by atoms with E-state index in [0.717, 1.165) is 12.8 Å². The van der Waals surface area contributed by atoms with Crippen LogP contribution >= 0.6 is 0 Å². The van der Waals surface area contributed by atoms with Crippen molar-refractivity contribution in [2.75, 3.05) is 0 Å². The molecule has 1 N–H and O–H groups in total. The molecule has 0 saturated carbocycles. The fourth-order valence-electron chi connectivity index (χ4n) is 2.35. The molecule has 0 aromatic heterocycles. The molecule has 0 atom stereocenters. The van der Waals surface area contributed by atoms with Crippen molar-refractivity contribution in [1.29, 1.82) is 0 Å². The van der Waals surface area contributed by atoms with Crippen LogP contribution in [0.3, 0.4) is 0 Å². The van der Waals surface area contributed by atoms with E-state index in [9.17, 15) is 4.79 Å². The smallest absolute Gasteiger partial charge is 0.303 e. The van der Waals surface area contributed by atoms with Gasteiger partial charge >= 0.3 is 5.97 Å². The Balaban J connectivity index is 0. The van der Waals surface area contributed by atoms with Gasteiger partial charge in [-0.2, -0.15) is 0 Å². The second-order valence-electron chi connectivity index (χ2n) is 5.73. The maximum atomic E-state index is 10.3. The Kier molecular flexibility index (Phi) is 23.2. The number of carboxylic acid groups (broad SMARTS) is 1. The topological polar surface area (TPSA) is 37.3 Å². The summed E-state index contributed by atoms with van der Waals surface area (Å²) in [5, 5.41) is 8.51. The summed E-state index contributed by atoms with van der Waals surface area (Å²) in [6.45, 7) is 2.26. The van der Waals surface area contributed by atoms with Gasteiger partial charge in [0.2, 0.25) is 0 Å². The molecule has 0 amide bonds. The standard InChI is InChI=1S/C18H34O2.Dy/c1-2-3-4-5-6-7-8-9-10-11-12-13-14-15-16-17-18(19)20;/h9-10H,2-8,11-17H2,1H3,(H,19,20);/b10-9-;. The molecular weight excluding hydrogens is 411 g/mol. The van der Waals surface area contributed by atoms with Crippen LogP contribution in [-0.2, 0) is 4.79 Å². The molecule has 21 heavy (non-hydrogen) atoms. The summed E-state index contributed by atoms with van der Waals surface area (Å²) in [6.07, 6.45) is 21.2. The second-order valence-corrected chi connectivity index (χ2v) is 5.73. The average molecular weight is 445 g/mol. The summed E-state index contributed by atoms with van der Waals surface area (Å²) in [6, 6.07) is 0. The predicted molar refractivity (Wildman–Crippen MR) is 87.1 cm³/mol. The minimum absolute atomic E-state index is 0. The monoisotopic (exact) mass is 446 g/mol. The van der Waals surface area contributed by atoms with Crippen molar-refractivity contribution in [2.24, 2.45) is 0 Å². The van der Waals surface area contributed by atoms with Gasteiger partial charge in [-0.15, -0.1) is 0 Å². The maximum absolute atomic E-state index is 10.3. The van der Waals surface area contributed by atoms with Crippen LogP contribution in [0.2, 0.25) is 0 Å². The minimum atomic E-state index is -0.664. The first-order valence-electron chi connectivity index (χ1n) is 8.64. The first-order valence-corrected chi connectivity index (χ1v) is 8.64. The average Bonchev–Trinajstić information content (AvgIpc) is 2.43. The van der Waals surface area contributed by atoms with Gasteiger partial charge in [-0.1, -0.05) is 70.4 Å². The van der Waals surface area contributed by atoms with Crippen molar-refractivity contribution in [3.05, 3.63) is 12.2 Å². The molecule has 0 fully saturated rings. The zero-order valence-corrected chi connectivity index (χ0v) is 15.8. The zero-order valence-electron chi connectivity index (χ0n) is 13.7. The van der Waals surface area contributed by atoms with Gasteiger partial charge in [0.1, 0.15) is 0 Å². The fourth-order valence-corrected chi connectivity index (χ4v) is 2.35. The first-order chi connectivity index (χ1) is 9.77. The normalized spacial score (nSPS) is 10.7. The summed E-state index contributed by atoms with van der Waals surface area (Å²) >= 11 is 0. The van der Waals surface area contributed by atoms with Crippen LogP contribution in [0.25, 0.3) is 0 Å². The summed E-state index contributed by atoms with van der Waals surface area (Å²) in [5.41, 5.74) is 0. The number of hydrogen-bond donors (Lipinski definition) is 1. The quantitative estimate of drug-likeness (QED) is 0.244. The SMILES string of the molecule is CCCCCCCC/C=C\CCCCCCCC(=O)O.[Dy]. The summed E-state index contributed by atoms with van der Waals surface area (Å²) in [5.74, 6) is -0.664. The molecule has 0 spiro atoms. The van der Waals surface area contributed by atoms with E-state index in [0.29, 0.717) is 6.42 Å². The molecule has 3 heteroatoms. The molecule has 0 radical (unpaired) electrons. The van der Waals surface area contributed by atoms with Gasteiger partial charge in [0.05, 0.1) is 0 Å². The van der Waals surface area contributed by atoms with Crippen molar-refractivity contribution in [2.45, 2.75) is 96.8 Å². The van der Waals surface area contributed by atoms with E-state index in [1.807, 2.05) is 0 Å². The largest absolute Gasteiger partial charge is 0.481 e. The van der Waals surface area contributed by atoms with E-state index in [2.05, 4.69) is 19.1 Å². The minimum Gasteiger partial charge on any atom is -0.481 e. The van der Waals surface area contributed by atoms with Crippen LogP contribution in [0.1, 0.15) is 96.8 Å². The van der Waals surface area contributed by atoms with Gasteiger partial charge in [-0.25, -0.2) is 0 Å². The van der Waals surface area contributed by atoms with E-state index in [1.165, 1.54) is 70.6 Å². The molecule has 0 aromatic carbocycles. The number of carbonyl (C=O) groups is 1. The van der Waals surface area contributed by atoms with Crippen molar-refractivity contribution < 1.29 is 48.1 Å². The van der Waals surface area contributed by atoms with E-state index >= 15 is 0 Å². The third-order valence-electron chi connectivity index (χ3n) is 3.65. The molecule has 0 bridgehead atoms. The molecular formula is C18H34DyO2. The van der Waals surface area contributed by atoms with Gasteiger partial charge in [-0.05, 0) is 32.1 Å². The third kappa shape index (κ3) is 22.9. The Labute approximate surface area is 162 Å². The fraction of sp³-hybridized carbons (Fsp3) is 0.833. The Hall–Kier alpha value is 0.483.